The van der Waals surface area contributed by atoms with Crippen molar-refractivity contribution in [3.05, 3.63) is 80.3 Å². The second-order valence-electron chi connectivity index (χ2n) is 6.08. The number of rotatable bonds is 5. The molecule has 0 unspecified atom stereocenters. The summed E-state index contributed by atoms with van der Waals surface area (Å²) in [4.78, 5) is 47.5. The molecule has 29 heavy (non-hydrogen) atoms. The van der Waals surface area contributed by atoms with Crippen molar-refractivity contribution in [2.45, 2.75) is 19.9 Å². The van der Waals surface area contributed by atoms with Crippen LogP contribution >= 0.6 is 0 Å². The molecule has 1 aromatic heterocycles. The Kier molecular flexibility index (Phi) is 5.63. The molecule has 2 aromatic carbocycles. The van der Waals surface area contributed by atoms with E-state index in [4.69, 9.17) is 0 Å². The third kappa shape index (κ3) is 4.10. The number of aryl methyl sites for hydroxylation is 1. The first-order chi connectivity index (χ1) is 13.9. The van der Waals surface area contributed by atoms with E-state index in [-0.39, 0.29) is 35.5 Å². The fraction of sp³-hybridized carbons (Fsp3) is 0.158. The van der Waals surface area contributed by atoms with E-state index < -0.39 is 16.7 Å². The van der Waals surface area contributed by atoms with Gasteiger partial charge in [-0.2, -0.15) is 5.10 Å². The number of amides is 2. The summed E-state index contributed by atoms with van der Waals surface area (Å²) in [5.74, 6) is -1.35. The Labute approximate surface area is 164 Å². The van der Waals surface area contributed by atoms with Crippen LogP contribution in [0.25, 0.3) is 10.8 Å². The molecule has 0 fully saturated rings. The van der Waals surface area contributed by atoms with Crippen LogP contribution in [0.4, 0.5) is 5.69 Å². The highest BCUT2D eigenvalue weighted by atomic mass is 16.6. The van der Waals surface area contributed by atoms with Gasteiger partial charge in [0.15, 0.2) is 5.69 Å². The quantitative estimate of drug-likeness (QED) is 0.494. The first-order valence-electron chi connectivity index (χ1n) is 8.73. The first-order valence-corrected chi connectivity index (χ1v) is 8.73. The average Bonchev–Trinajstić information content (AvgIpc) is 2.72. The zero-order chi connectivity index (χ0) is 21.0. The maximum Gasteiger partial charge on any atom is 0.290 e. The molecule has 10 nitrogen and oxygen atoms in total. The zero-order valence-corrected chi connectivity index (χ0v) is 15.4. The number of hydrogen-bond acceptors (Lipinski definition) is 6. The second-order valence-corrected chi connectivity index (χ2v) is 6.08. The second kappa shape index (κ2) is 8.30. The zero-order valence-electron chi connectivity index (χ0n) is 15.4. The molecular weight excluding hydrogens is 378 g/mol. The molecule has 2 N–H and O–H groups in total. The van der Waals surface area contributed by atoms with Gasteiger partial charge in [-0.3, -0.25) is 35.3 Å². The molecule has 0 saturated carbocycles. The third-order valence-electron chi connectivity index (χ3n) is 4.24. The molecule has 0 aliphatic rings. The Morgan fingerprint density at radius 1 is 1.07 bits per heavy atom. The van der Waals surface area contributed by atoms with Crippen molar-refractivity contribution in [3.8, 4) is 0 Å². The van der Waals surface area contributed by atoms with Gasteiger partial charge < -0.3 is 0 Å². The Morgan fingerprint density at radius 3 is 2.41 bits per heavy atom. The van der Waals surface area contributed by atoms with Crippen LogP contribution in [-0.4, -0.2) is 26.5 Å². The topological polar surface area (TPSA) is 136 Å². The minimum absolute atomic E-state index is 0.0203. The Morgan fingerprint density at radius 2 is 1.72 bits per heavy atom. The van der Waals surface area contributed by atoms with Crippen molar-refractivity contribution in [2.24, 2.45) is 0 Å². The van der Waals surface area contributed by atoms with E-state index in [9.17, 15) is 24.5 Å². The van der Waals surface area contributed by atoms with Gasteiger partial charge >= 0.3 is 0 Å². The monoisotopic (exact) mass is 395 g/mol. The number of hydrazine groups is 1. The highest BCUT2D eigenvalue weighted by Gasteiger charge is 2.18. The maximum atomic E-state index is 12.6. The van der Waals surface area contributed by atoms with Gasteiger partial charge in [0.1, 0.15) is 0 Å². The standard InChI is InChI=1S/C19H17N5O5/c1-2-23-19(27)14-9-5-4-8-13(14)17(22-23)18(26)21-20-16(25)11-12-7-3-6-10-15(12)24(28)29/h3-10H,2,11H2,1H3,(H,20,25)(H,21,26). The minimum Gasteiger partial charge on any atom is -0.273 e. The van der Waals surface area contributed by atoms with Gasteiger partial charge in [0, 0.05) is 23.6 Å². The number of carbonyl (C=O) groups is 2. The molecule has 0 saturated heterocycles. The molecule has 3 aromatic rings. The summed E-state index contributed by atoms with van der Waals surface area (Å²) in [7, 11) is 0. The summed E-state index contributed by atoms with van der Waals surface area (Å²) >= 11 is 0. The van der Waals surface area contributed by atoms with Crippen molar-refractivity contribution < 1.29 is 14.5 Å². The smallest absolute Gasteiger partial charge is 0.273 e. The fourth-order valence-electron chi connectivity index (χ4n) is 2.86. The molecule has 0 radical (unpaired) electrons. The van der Waals surface area contributed by atoms with E-state index in [2.05, 4.69) is 16.0 Å². The average molecular weight is 395 g/mol. The molecule has 148 valence electrons. The molecule has 3 rings (SSSR count). The highest BCUT2D eigenvalue weighted by molar-refractivity contribution is 6.05. The molecule has 0 aliphatic carbocycles. The van der Waals surface area contributed by atoms with Crippen LogP contribution in [0.3, 0.4) is 0 Å². The first kappa shape index (κ1) is 19.7. The molecule has 0 atom stereocenters. The summed E-state index contributed by atoms with van der Waals surface area (Å²) in [5.41, 5.74) is 4.16. The number of para-hydroxylation sites is 1. The van der Waals surface area contributed by atoms with Gasteiger partial charge in [-0.05, 0) is 13.0 Å². The number of fused-ring (bicyclic) bond motifs is 1. The van der Waals surface area contributed by atoms with E-state index >= 15 is 0 Å². The number of nitrogens with zero attached hydrogens (tertiary/aromatic N) is 3. The van der Waals surface area contributed by atoms with Crippen LogP contribution in [-0.2, 0) is 17.8 Å². The number of carbonyl (C=O) groups excluding carboxylic acids is 2. The summed E-state index contributed by atoms with van der Waals surface area (Å²) < 4.78 is 1.16. The number of benzene rings is 2. The molecule has 0 bridgehead atoms. The van der Waals surface area contributed by atoms with E-state index in [1.165, 1.54) is 18.2 Å². The normalized spacial score (nSPS) is 10.5. The van der Waals surface area contributed by atoms with Gasteiger partial charge in [-0.1, -0.05) is 36.4 Å². The minimum atomic E-state index is -0.709. The molecule has 2 amide bonds. The van der Waals surface area contributed by atoms with Crippen molar-refractivity contribution in [3.63, 3.8) is 0 Å². The lowest BCUT2D eigenvalue weighted by molar-refractivity contribution is -0.385. The van der Waals surface area contributed by atoms with Crippen molar-refractivity contribution in [1.29, 1.82) is 0 Å². The highest BCUT2D eigenvalue weighted by Crippen LogP contribution is 2.18. The lowest BCUT2D eigenvalue weighted by atomic mass is 10.1. The lowest BCUT2D eigenvalue weighted by Gasteiger charge is -2.11. The molecule has 0 spiro atoms. The van der Waals surface area contributed by atoms with E-state index in [1.54, 1.807) is 37.3 Å². The predicted molar refractivity (Wildman–Crippen MR) is 104 cm³/mol. The van der Waals surface area contributed by atoms with Crippen LogP contribution in [0.5, 0.6) is 0 Å². The molecule has 10 heteroatoms. The van der Waals surface area contributed by atoms with Crippen molar-refractivity contribution >= 4 is 28.3 Å². The number of aromatic nitrogens is 2. The number of hydrogen-bond donors (Lipinski definition) is 2. The molecule has 1 heterocycles. The summed E-state index contributed by atoms with van der Waals surface area (Å²) in [5, 5.41) is 15.8. The Hall–Kier alpha value is -4.08. The van der Waals surface area contributed by atoms with E-state index in [0.717, 1.165) is 4.68 Å². The number of nitrogens with one attached hydrogen (secondary N) is 2. The Balaban J connectivity index is 1.78. The van der Waals surface area contributed by atoms with Crippen molar-refractivity contribution in [2.75, 3.05) is 0 Å². The molecule has 0 aliphatic heterocycles. The summed E-state index contributed by atoms with van der Waals surface area (Å²) in [6, 6.07) is 12.4. The fourth-order valence-corrected chi connectivity index (χ4v) is 2.86. The number of nitro benzene ring substituents is 1. The third-order valence-corrected chi connectivity index (χ3v) is 4.24. The van der Waals surface area contributed by atoms with Crippen LogP contribution in [0.2, 0.25) is 0 Å². The van der Waals surface area contributed by atoms with Gasteiger partial charge in [0.2, 0.25) is 5.91 Å². The lowest BCUT2D eigenvalue weighted by Crippen LogP contribution is -2.43. The van der Waals surface area contributed by atoms with Gasteiger partial charge in [0.05, 0.1) is 16.7 Å². The van der Waals surface area contributed by atoms with Gasteiger partial charge in [-0.15, -0.1) is 0 Å². The SMILES string of the molecule is CCn1nc(C(=O)NNC(=O)Cc2ccccc2[N+](=O)[O-])c2ccccc2c1=O. The van der Waals surface area contributed by atoms with Gasteiger partial charge in [-0.25, -0.2) is 4.68 Å². The number of nitro groups is 1. The van der Waals surface area contributed by atoms with Crippen LogP contribution in [0, 0.1) is 10.1 Å². The van der Waals surface area contributed by atoms with Crippen LogP contribution < -0.4 is 16.4 Å². The van der Waals surface area contributed by atoms with Crippen LogP contribution in [0.1, 0.15) is 23.0 Å². The maximum absolute atomic E-state index is 12.6. The van der Waals surface area contributed by atoms with Crippen molar-refractivity contribution in [1.82, 2.24) is 20.6 Å². The van der Waals surface area contributed by atoms with E-state index in [1.807, 2.05) is 0 Å². The van der Waals surface area contributed by atoms with E-state index in [0.29, 0.717) is 10.8 Å². The summed E-state index contributed by atoms with van der Waals surface area (Å²) in [6.07, 6.45) is -0.292. The van der Waals surface area contributed by atoms with Crippen LogP contribution in [0.15, 0.2) is 53.3 Å². The van der Waals surface area contributed by atoms with Gasteiger partial charge in [0.25, 0.3) is 17.2 Å². The predicted octanol–water partition coefficient (Wildman–Crippen LogP) is 1.33. The largest absolute Gasteiger partial charge is 0.290 e. The molecular formula is C19H17N5O5. The Bertz CT molecular complexity index is 1170. The summed E-state index contributed by atoms with van der Waals surface area (Å²) in [6.45, 7) is 1.99.